The number of pyridine rings is 1. The largest absolute Gasteiger partial charge is 0.448 e. The normalized spacial score (nSPS) is 17.9. The number of rotatable bonds is 3. The Morgan fingerprint density at radius 2 is 1.92 bits per heavy atom. The fourth-order valence-electron chi connectivity index (χ4n) is 3.20. The van der Waals surface area contributed by atoms with E-state index in [0.717, 1.165) is 18.5 Å². The number of hydrogen-bond donors (Lipinski definition) is 0. The van der Waals surface area contributed by atoms with Gasteiger partial charge in [0.2, 0.25) is 5.65 Å². The van der Waals surface area contributed by atoms with Crippen LogP contribution in [0, 0.1) is 6.92 Å². The van der Waals surface area contributed by atoms with E-state index in [9.17, 15) is 4.79 Å². The van der Waals surface area contributed by atoms with E-state index in [2.05, 4.69) is 15.0 Å². The van der Waals surface area contributed by atoms with Crippen LogP contribution in [0.15, 0.2) is 27.2 Å². The van der Waals surface area contributed by atoms with Gasteiger partial charge in [-0.15, -0.1) is 0 Å². The molecule has 1 aliphatic carbocycles. The molecule has 26 heavy (non-hydrogen) atoms. The molecule has 1 aliphatic heterocycles. The molecular formula is C18H19N5O3. The minimum Gasteiger partial charge on any atom is -0.448 e. The maximum Gasteiger partial charge on any atom is 0.300 e. The Morgan fingerprint density at radius 3 is 2.69 bits per heavy atom. The number of fused-ring (bicyclic) bond motifs is 1. The molecule has 3 aromatic heterocycles. The van der Waals surface area contributed by atoms with Gasteiger partial charge in [-0.25, -0.2) is 9.97 Å². The van der Waals surface area contributed by atoms with E-state index in [-0.39, 0.29) is 5.91 Å². The molecule has 0 atom stereocenters. The molecule has 0 aromatic carbocycles. The van der Waals surface area contributed by atoms with E-state index in [4.69, 9.17) is 8.83 Å². The number of hydrogen-bond acceptors (Lipinski definition) is 7. The van der Waals surface area contributed by atoms with Crippen molar-refractivity contribution < 1.29 is 13.6 Å². The summed E-state index contributed by atoms with van der Waals surface area (Å²) >= 11 is 0. The van der Waals surface area contributed by atoms with Crippen LogP contribution in [0.4, 0.5) is 6.01 Å². The molecule has 0 radical (unpaired) electrons. The molecule has 4 heterocycles. The van der Waals surface area contributed by atoms with Crippen LogP contribution >= 0.6 is 0 Å². The van der Waals surface area contributed by atoms with E-state index in [1.807, 2.05) is 24.0 Å². The first-order chi connectivity index (χ1) is 12.7. The van der Waals surface area contributed by atoms with Gasteiger partial charge >= 0.3 is 0 Å². The van der Waals surface area contributed by atoms with Crippen LogP contribution < -0.4 is 4.90 Å². The van der Waals surface area contributed by atoms with Crippen LogP contribution in [-0.2, 0) is 0 Å². The zero-order valence-corrected chi connectivity index (χ0v) is 14.5. The maximum absolute atomic E-state index is 12.6. The molecular weight excluding hydrogens is 334 g/mol. The van der Waals surface area contributed by atoms with Crippen molar-refractivity contribution in [2.75, 3.05) is 31.1 Å². The lowest BCUT2D eigenvalue weighted by molar-refractivity contribution is 0.0739. The van der Waals surface area contributed by atoms with Gasteiger partial charge in [0.15, 0.2) is 17.2 Å². The molecule has 3 aromatic rings. The molecule has 0 bridgehead atoms. The molecule has 134 valence electrons. The monoisotopic (exact) mass is 353 g/mol. The summed E-state index contributed by atoms with van der Waals surface area (Å²) in [7, 11) is 0. The molecule has 8 heteroatoms. The highest BCUT2D eigenvalue weighted by Crippen LogP contribution is 2.39. The Labute approximate surface area is 149 Å². The predicted molar refractivity (Wildman–Crippen MR) is 93.1 cm³/mol. The number of nitrogens with zero attached hydrogens (tertiary/aromatic N) is 5. The SMILES string of the molecule is Cc1ccc2oc(N3CCN(C(=O)c4coc(C5CC5)n4)CC3)nc2n1. The molecule has 1 saturated carbocycles. The Kier molecular flexibility index (Phi) is 3.44. The van der Waals surface area contributed by atoms with Gasteiger partial charge in [-0.3, -0.25) is 4.79 Å². The van der Waals surface area contributed by atoms with Crippen molar-refractivity contribution in [3.05, 3.63) is 35.7 Å². The Bertz CT molecular complexity index is 966. The van der Waals surface area contributed by atoms with E-state index < -0.39 is 0 Å². The van der Waals surface area contributed by atoms with Gasteiger partial charge in [0.1, 0.15) is 6.26 Å². The number of anilines is 1. The van der Waals surface area contributed by atoms with Gasteiger partial charge in [0.05, 0.1) is 0 Å². The van der Waals surface area contributed by atoms with Crippen LogP contribution in [0.1, 0.15) is 40.8 Å². The molecule has 1 saturated heterocycles. The molecule has 8 nitrogen and oxygen atoms in total. The van der Waals surface area contributed by atoms with Gasteiger partial charge in [-0.05, 0) is 31.9 Å². The third-order valence-corrected chi connectivity index (χ3v) is 4.89. The number of oxazole rings is 2. The molecule has 0 spiro atoms. The van der Waals surface area contributed by atoms with E-state index in [1.165, 1.54) is 6.26 Å². The first-order valence-electron chi connectivity index (χ1n) is 8.91. The van der Waals surface area contributed by atoms with Crippen molar-refractivity contribution in [3.63, 3.8) is 0 Å². The molecule has 0 N–H and O–H groups in total. The summed E-state index contributed by atoms with van der Waals surface area (Å²) in [6.45, 7) is 4.43. The third-order valence-electron chi connectivity index (χ3n) is 4.89. The second-order valence-electron chi connectivity index (χ2n) is 6.90. The topological polar surface area (TPSA) is 88.5 Å². The first-order valence-corrected chi connectivity index (χ1v) is 8.91. The summed E-state index contributed by atoms with van der Waals surface area (Å²) in [6.07, 6.45) is 3.69. The maximum atomic E-state index is 12.6. The number of carbonyl (C=O) groups excluding carboxylic acids is 1. The quantitative estimate of drug-likeness (QED) is 0.714. The Hall–Kier alpha value is -2.90. The van der Waals surface area contributed by atoms with Gasteiger partial charge in [-0.1, -0.05) is 0 Å². The van der Waals surface area contributed by atoms with Gasteiger partial charge in [0, 0.05) is 37.8 Å². The zero-order chi connectivity index (χ0) is 17.7. The first kappa shape index (κ1) is 15.4. The zero-order valence-electron chi connectivity index (χ0n) is 14.5. The summed E-state index contributed by atoms with van der Waals surface area (Å²) in [5.74, 6) is 1.03. The lowest BCUT2D eigenvalue weighted by atomic mass is 10.3. The van der Waals surface area contributed by atoms with Crippen molar-refractivity contribution in [2.45, 2.75) is 25.7 Å². The van der Waals surface area contributed by atoms with Crippen molar-refractivity contribution in [1.82, 2.24) is 19.9 Å². The third kappa shape index (κ3) is 2.71. The Balaban J connectivity index is 1.26. The van der Waals surface area contributed by atoms with Crippen LogP contribution in [0.25, 0.3) is 11.2 Å². The van der Waals surface area contributed by atoms with Crippen LogP contribution in [-0.4, -0.2) is 51.9 Å². The van der Waals surface area contributed by atoms with Gasteiger partial charge < -0.3 is 18.6 Å². The smallest absolute Gasteiger partial charge is 0.300 e. The lowest BCUT2D eigenvalue weighted by Gasteiger charge is -2.33. The minimum atomic E-state index is -0.0739. The highest BCUT2D eigenvalue weighted by atomic mass is 16.4. The number of piperazine rings is 1. The number of aromatic nitrogens is 3. The summed E-state index contributed by atoms with van der Waals surface area (Å²) in [5.41, 5.74) is 2.61. The summed E-state index contributed by atoms with van der Waals surface area (Å²) in [4.78, 5) is 29.7. The van der Waals surface area contributed by atoms with Crippen molar-refractivity contribution >= 4 is 23.2 Å². The van der Waals surface area contributed by atoms with Gasteiger partial charge in [-0.2, -0.15) is 4.98 Å². The fourth-order valence-corrected chi connectivity index (χ4v) is 3.20. The molecule has 0 unspecified atom stereocenters. The van der Waals surface area contributed by atoms with E-state index >= 15 is 0 Å². The van der Waals surface area contributed by atoms with E-state index in [0.29, 0.717) is 60.9 Å². The summed E-state index contributed by atoms with van der Waals surface area (Å²) in [5, 5.41) is 0. The van der Waals surface area contributed by atoms with E-state index in [1.54, 1.807) is 4.90 Å². The second kappa shape index (κ2) is 5.82. The van der Waals surface area contributed by atoms with Crippen LogP contribution in [0.3, 0.4) is 0 Å². The molecule has 5 rings (SSSR count). The van der Waals surface area contributed by atoms with Crippen molar-refractivity contribution in [2.24, 2.45) is 0 Å². The standard InChI is InChI=1S/C18H19N5O3/c1-11-2-5-14-15(19-11)21-18(26-14)23-8-6-22(7-9-23)17(24)13-10-25-16(20-13)12-3-4-12/h2,5,10,12H,3-4,6-9H2,1H3. The number of amides is 1. The van der Waals surface area contributed by atoms with Crippen LogP contribution in [0.2, 0.25) is 0 Å². The highest BCUT2D eigenvalue weighted by Gasteiger charge is 2.31. The van der Waals surface area contributed by atoms with Gasteiger partial charge in [0.25, 0.3) is 11.9 Å². The molecule has 2 fully saturated rings. The van der Waals surface area contributed by atoms with Crippen molar-refractivity contribution in [3.8, 4) is 0 Å². The number of aryl methyl sites for hydroxylation is 1. The summed E-state index contributed by atoms with van der Waals surface area (Å²) < 4.78 is 11.2. The fraction of sp³-hybridized carbons (Fsp3) is 0.444. The summed E-state index contributed by atoms with van der Waals surface area (Å²) in [6, 6.07) is 4.35. The minimum absolute atomic E-state index is 0.0739. The highest BCUT2D eigenvalue weighted by molar-refractivity contribution is 5.92. The molecule has 2 aliphatic rings. The van der Waals surface area contributed by atoms with Crippen molar-refractivity contribution in [1.29, 1.82) is 0 Å². The second-order valence-corrected chi connectivity index (χ2v) is 6.90. The van der Waals surface area contributed by atoms with Crippen LogP contribution in [0.5, 0.6) is 0 Å². The average Bonchev–Trinajstić information content (AvgIpc) is 3.24. The lowest BCUT2D eigenvalue weighted by Crippen LogP contribution is -2.49. The number of carbonyl (C=O) groups is 1. The molecule has 1 amide bonds. The Morgan fingerprint density at radius 1 is 1.12 bits per heavy atom. The average molecular weight is 353 g/mol. The predicted octanol–water partition coefficient (Wildman–Crippen LogP) is 2.36.